The van der Waals surface area contributed by atoms with Crippen LogP contribution >= 0.6 is 11.3 Å². The topological polar surface area (TPSA) is 42.0 Å². The highest BCUT2D eigenvalue weighted by Gasteiger charge is 2.30. The first-order chi connectivity index (χ1) is 13.3. The molecule has 0 radical (unpaired) electrons. The molecule has 1 amide bonds. The maximum absolute atomic E-state index is 12.8. The molecule has 0 aliphatic heterocycles. The molecule has 0 fully saturated rings. The largest absolute Gasteiger partial charge is 0.416 e. The molecule has 0 bridgehead atoms. The van der Waals surface area contributed by atoms with E-state index in [1.54, 1.807) is 19.1 Å². The zero-order valence-corrected chi connectivity index (χ0v) is 15.8. The van der Waals surface area contributed by atoms with Gasteiger partial charge in [0.15, 0.2) is 0 Å². The fourth-order valence-corrected chi connectivity index (χ4v) is 3.57. The lowest BCUT2D eigenvalue weighted by atomic mass is 10.1. The number of nitrogens with zero attached hydrogens (tertiary/aromatic N) is 1. The lowest BCUT2D eigenvalue weighted by Crippen LogP contribution is -2.07. The van der Waals surface area contributed by atoms with E-state index in [9.17, 15) is 18.0 Å². The van der Waals surface area contributed by atoms with Gasteiger partial charge < -0.3 is 5.32 Å². The molecule has 0 saturated carbocycles. The molecule has 0 aliphatic rings. The summed E-state index contributed by atoms with van der Waals surface area (Å²) in [5.74, 6) is -0.291. The van der Waals surface area contributed by atoms with E-state index in [2.05, 4.69) is 10.3 Å². The van der Waals surface area contributed by atoms with Crippen molar-refractivity contribution in [3.8, 4) is 0 Å². The Morgan fingerprint density at radius 3 is 2.61 bits per heavy atom. The van der Waals surface area contributed by atoms with Crippen LogP contribution in [-0.4, -0.2) is 10.9 Å². The van der Waals surface area contributed by atoms with Gasteiger partial charge in [-0.3, -0.25) is 4.79 Å². The SMILES string of the molecule is Cc1nc(Cc2cccc(C(F)(F)F)c2)sc1NC(=O)C=Cc1ccccc1. The predicted octanol–water partition coefficient (Wildman–Crippen LogP) is 5.71. The van der Waals surface area contributed by atoms with Gasteiger partial charge in [-0.25, -0.2) is 4.98 Å². The van der Waals surface area contributed by atoms with E-state index >= 15 is 0 Å². The van der Waals surface area contributed by atoms with Gasteiger partial charge in [-0.1, -0.05) is 48.5 Å². The zero-order chi connectivity index (χ0) is 20.1. The van der Waals surface area contributed by atoms with Crippen LogP contribution in [-0.2, 0) is 17.4 Å². The molecule has 0 unspecified atom stereocenters. The fraction of sp³-hybridized carbons (Fsp3) is 0.143. The molecule has 0 spiro atoms. The number of aromatic nitrogens is 1. The Kier molecular flexibility index (Phi) is 5.94. The summed E-state index contributed by atoms with van der Waals surface area (Å²) in [6.07, 6.45) is -0.972. The molecule has 0 saturated heterocycles. The minimum Gasteiger partial charge on any atom is -0.313 e. The van der Waals surface area contributed by atoms with Crippen molar-refractivity contribution in [3.05, 3.63) is 88.1 Å². The van der Waals surface area contributed by atoms with Gasteiger partial charge in [-0.2, -0.15) is 13.2 Å². The van der Waals surface area contributed by atoms with E-state index in [1.807, 2.05) is 30.3 Å². The Hall–Kier alpha value is -2.93. The second-order valence-electron chi connectivity index (χ2n) is 6.13. The molecule has 28 heavy (non-hydrogen) atoms. The second-order valence-corrected chi connectivity index (χ2v) is 7.21. The predicted molar refractivity (Wildman–Crippen MR) is 105 cm³/mol. The van der Waals surface area contributed by atoms with Gasteiger partial charge in [0.05, 0.1) is 16.3 Å². The first-order valence-electron chi connectivity index (χ1n) is 8.48. The van der Waals surface area contributed by atoms with E-state index < -0.39 is 11.7 Å². The summed E-state index contributed by atoms with van der Waals surface area (Å²) in [5, 5.41) is 4.00. The molecule has 144 valence electrons. The summed E-state index contributed by atoms with van der Waals surface area (Å²) >= 11 is 1.26. The Balaban J connectivity index is 1.68. The van der Waals surface area contributed by atoms with Crippen LogP contribution in [0.25, 0.3) is 6.08 Å². The first kappa shape index (κ1) is 19.8. The van der Waals surface area contributed by atoms with Crippen molar-refractivity contribution < 1.29 is 18.0 Å². The average Bonchev–Trinajstić information content (AvgIpc) is 2.99. The number of hydrogen-bond donors (Lipinski definition) is 1. The Bertz CT molecular complexity index is 994. The number of alkyl halides is 3. The lowest BCUT2D eigenvalue weighted by Gasteiger charge is -2.07. The zero-order valence-electron chi connectivity index (χ0n) is 15.0. The highest BCUT2D eigenvalue weighted by molar-refractivity contribution is 7.16. The molecule has 0 atom stereocenters. The quantitative estimate of drug-likeness (QED) is 0.555. The molecule has 1 heterocycles. The lowest BCUT2D eigenvalue weighted by molar-refractivity contribution is -0.137. The average molecular weight is 402 g/mol. The molecule has 3 nitrogen and oxygen atoms in total. The third kappa shape index (κ3) is 5.29. The third-order valence-corrected chi connectivity index (χ3v) is 4.99. The number of hydrogen-bond acceptors (Lipinski definition) is 3. The highest BCUT2D eigenvalue weighted by atomic mass is 32.1. The number of nitrogens with one attached hydrogen (secondary N) is 1. The van der Waals surface area contributed by atoms with Crippen LogP contribution in [0.2, 0.25) is 0 Å². The number of benzene rings is 2. The number of amides is 1. The molecule has 2 aromatic carbocycles. The van der Waals surface area contributed by atoms with Crippen LogP contribution in [0.5, 0.6) is 0 Å². The van der Waals surface area contributed by atoms with Crippen molar-refractivity contribution in [1.82, 2.24) is 4.98 Å². The van der Waals surface area contributed by atoms with Crippen LogP contribution in [0, 0.1) is 6.92 Å². The highest BCUT2D eigenvalue weighted by Crippen LogP contribution is 2.31. The number of carbonyl (C=O) groups excluding carboxylic acids is 1. The number of halogens is 3. The number of aryl methyl sites for hydroxylation is 1. The summed E-state index contributed by atoms with van der Waals surface area (Å²) in [6, 6.07) is 14.6. The van der Waals surface area contributed by atoms with Crippen molar-refractivity contribution in [2.24, 2.45) is 0 Å². The maximum atomic E-state index is 12.8. The van der Waals surface area contributed by atoms with Crippen molar-refractivity contribution in [2.75, 3.05) is 5.32 Å². The molecular formula is C21H17F3N2OS. The maximum Gasteiger partial charge on any atom is 0.416 e. The minimum atomic E-state index is -4.38. The Morgan fingerprint density at radius 1 is 1.14 bits per heavy atom. The summed E-state index contributed by atoms with van der Waals surface area (Å²) < 4.78 is 38.5. The van der Waals surface area contributed by atoms with E-state index in [0.29, 0.717) is 21.3 Å². The number of thiazole rings is 1. The first-order valence-corrected chi connectivity index (χ1v) is 9.29. The number of rotatable bonds is 5. The Morgan fingerprint density at radius 2 is 1.89 bits per heavy atom. The minimum absolute atomic E-state index is 0.269. The van der Waals surface area contributed by atoms with E-state index in [-0.39, 0.29) is 12.3 Å². The van der Waals surface area contributed by atoms with Crippen LogP contribution in [0.4, 0.5) is 18.2 Å². The van der Waals surface area contributed by atoms with Gasteiger partial charge in [-0.15, -0.1) is 11.3 Å². The number of anilines is 1. The van der Waals surface area contributed by atoms with Gasteiger partial charge >= 0.3 is 6.18 Å². The second kappa shape index (κ2) is 8.39. The molecule has 0 aliphatic carbocycles. The van der Waals surface area contributed by atoms with E-state index in [4.69, 9.17) is 0 Å². The van der Waals surface area contributed by atoms with Crippen molar-refractivity contribution in [3.63, 3.8) is 0 Å². The van der Waals surface area contributed by atoms with Crippen LogP contribution in [0.1, 0.15) is 27.4 Å². The molecule has 7 heteroatoms. The summed E-state index contributed by atoms with van der Waals surface area (Å²) in [6.45, 7) is 1.75. The van der Waals surface area contributed by atoms with E-state index in [0.717, 1.165) is 17.7 Å². The van der Waals surface area contributed by atoms with Crippen LogP contribution in [0.15, 0.2) is 60.7 Å². The van der Waals surface area contributed by atoms with Gasteiger partial charge in [0.2, 0.25) is 5.91 Å². The monoisotopic (exact) mass is 402 g/mol. The molecule has 3 aromatic rings. The molecule has 3 rings (SSSR count). The summed E-state index contributed by atoms with van der Waals surface area (Å²) in [7, 11) is 0. The standard InChI is InChI=1S/C21H17F3N2OS/c1-14-20(26-18(27)11-10-15-6-3-2-4-7-15)28-19(25-14)13-16-8-5-9-17(12-16)21(22,23)24/h2-12H,13H2,1H3,(H,26,27). The summed E-state index contributed by atoms with van der Waals surface area (Å²) in [4.78, 5) is 16.5. The van der Waals surface area contributed by atoms with Gasteiger partial charge in [0.1, 0.15) is 5.00 Å². The van der Waals surface area contributed by atoms with Crippen molar-refractivity contribution in [2.45, 2.75) is 19.5 Å². The van der Waals surface area contributed by atoms with Gasteiger partial charge in [0.25, 0.3) is 0 Å². The number of carbonyl (C=O) groups is 1. The normalized spacial score (nSPS) is 11.7. The van der Waals surface area contributed by atoms with Crippen LogP contribution < -0.4 is 5.32 Å². The fourth-order valence-electron chi connectivity index (χ4n) is 2.57. The van der Waals surface area contributed by atoms with Crippen molar-refractivity contribution >= 4 is 28.3 Å². The Labute approximate surface area is 164 Å². The van der Waals surface area contributed by atoms with Gasteiger partial charge in [0, 0.05) is 12.5 Å². The van der Waals surface area contributed by atoms with Gasteiger partial charge in [-0.05, 0) is 30.2 Å². The summed E-state index contributed by atoms with van der Waals surface area (Å²) in [5.41, 5.74) is 1.38. The van der Waals surface area contributed by atoms with E-state index in [1.165, 1.54) is 23.5 Å². The molecule has 1 N–H and O–H groups in total. The molecule has 1 aromatic heterocycles. The van der Waals surface area contributed by atoms with Crippen molar-refractivity contribution in [1.29, 1.82) is 0 Å². The molecular weight excluding hydrogens is 385 g/mol. The third-order valence-electron chi connectivity index (χ3n) is 3.91. The smallest absolute Gasteiger partial charge is 0.313 e. The van der Waals surface area contributed by atoms with Crippen LogP contribution in [0.3, 0.4) is 0 Å².